The monoisotopic (exact) mass is 324 g/mol. The quantitative estimate of drug-likeness (QED) is 0.567. The summed E-state index contributed by atoms with van der Waals surface area (Å²) < 4.78 is 21.3. The molecule has 0 radical (unpaired) electrons. The minimum absolute atomic E-state index is 0.160. The molecule has 5 heteroatoms. The Morgan fingerprint density at radius 3 is 2.05 bits per heavy atom. The molecule has 22 heavy (non-hydrogen) atoms. The van der Waals surface area contributed by atoms with E-state index in [0.717, 1.165) is 17.6 Å². The summed E-state index contributed by atoms with van der Waals surface area (Å²) in [6, 6.07) is 6.37. The van der Waals surface area contributed by atoms with Crippen LogP contribution in [0, 0.1) is 11.8 Å². The highest BCUT2D eigenvalue weighted by molar-refractivity contribution is 7.32. The summed E-state index contributed by atoms with van der Waals surface area (Å²) in [6.45, 7) is 4.34. The third-order valence-corrected chi connectivity index (χ3v) is 5.47. The Balaban J connectivity index is 1.86. The molecule has 2 aliphatic carbocycles. The van der Waals surface area contributed by atoms with Crippen molar-refractivity contribution in [3.05, 3.63) is 29.3 Å². The summed E-state index contributed by atoms with van der Waals surface area (Å²) in [7, 11) is -2.95. The topological polar surface area (TPSA) is 55.8 Å². The molecule has 3 rings (SSSR count). The third kappa shape index (κ3) is 3.73. The van der Waals surface area contributed by atoms with Crippen LogP contribution >= 0.6 is 8.25 Å². The van der Waals surface area contributed by atoms with Crippen molar-refractivity contribution in [2.45, 2.75) is 51.4 Å². The van der Waals surface area contributed by atoms with Crippen molar-refractivity contribution < 1.29 is 18.7 Å². The van der Waals surface area contributed by atoms with E-state index in [1.54, 1.807) is 0 Å². The van der Waals surface area contributed by atoms with E-state index in [1.807, 2.05) is 0 Å². The molecule has 0 heterocycles. The van der Waals surface area contributed by atoms with Crippen molar-refractivity contribution in [3.63, 3.8) is 0 Å². The number of rotatable bonds is 8. The third-order valence-electron chi connectivity index (χ3n) is 5.10. The number of benzene rings is 1. The van der Waals surface area contributed by atoms with E-state index in [9.17, 15) is 4.57 Å². The maximum atomic E-state index is 10.7. The molecule has 2 aliphatic rings. The molecule has 1 unspecified atom stereocenters. The van der Waals surface area contributed by atoms with Crippen LogP contribution in [0.15, 0.2) is 18.2 Å². The van der Waals surface area contributed by atoms with Gasteiger partial charge >= 0.3 is 8.25 Å². The van der Waals surface area contributed by atoms with Crippen LogP contribution in [0.4, 0.5) is 0 Å². The van der Waals surface area contributed by atoms with Crippen LogP contribution in [-0.2, 0) is 9.09 Å². The molecular weight excluding hydrogens is 299 g/mol. The molecule has 122 valence electrons. The zero-order valence-corrected chi connectivity index (χ0v) is 14.2. The molecule has 0 amide bonds. The molecule has 1 N–H and O–H groups in total. The Kier molecular flexibility index (Phi) is 4.91. The Morgan fingerprint density at radius 2 is 1.64 bits per heavy atom. The second kappa shape index (κ2) is 6.74. The molecule has 4 nitrogen and oxygen atoms in total. The standard InChI is InChI=1S/C17H25O4P/c1-11(13-6-7-13)15-4-3-5-16(12(2)14-8-9-14)17(15)20-10-21-22(18)19/h3-5,11-14,22H,6-10H2,1-2H3,(H,18,19)/t11-,12-/m1/s1. The summed E-state index contributed by atoms with van der Waals surface area (Å²) in [6.07, 6.45) is 5.13. The number of hydrogen-bond donors (Lipinski definition) is 1. The van der Waals surface area contributed by atoms with Gasteiger partial charge in [-0.15, -0.1) is 0 Å². The second-order valence-electron chi connectivity index (χ2n) is 6.69. The normalized spacial score (nSPS) is 22.1. The van der Waals surface area contributed by atoms with Crippen molar-refractivity contribution in [2.24, 2.45) is 11.8 Å². The lowest BCUT2D eigenvalue weighted by molar-refractivity contribution is 0.112. The maximum absolute atomic E-state index is 10.7. The Morgan fingerprint density at radius 1 is 1.14 bits per heavy atom. The van der Waals surface area contributed by atoms with Gasteiger partial charge in [0.05, 0.1) is 0 Å². The fraction of sp³-hybridized carbons (Fsp3) is 0.647. The molecular formula is C17H25O4P. The maximum Gasteiger partial charge on any atom is 0.319 e. The van der Waals surface area contributed by atoms with Crippen molar-refractivity contribution in [3.8, 4) is 5.75 Å². The predicted octanol–water partition coefficient (Wildman–Crippen LogP) is 4.45. The molecule has 0 bridgehead atoms. The van der Waals surface area contributed by atoms with Crippen LogP contribution in [0.25, 0.3) is 0 Å². The Labute approximate surface area is 132 Å². The van der Waals surface area contributed by atoms with E-state index in [4.69, 9.17) is 14.2 Å². The minimum Gasteiger partial charge on any atom is -0.466 e. The number of para-hydroxylation sites is 1. The van der Waals surface area contributed by atoms with Crippen LogP contribution in [0.3, 0.4) is 0 Å². The molecule has 0 aliphatic heterocycles. The van der Waals surface area contributed by atoms with Crippen molar-refractivity contribution >= 4 is 8.25 Å². The highest BCUT2D eigenvalue weighted by atomic mass is 31.1. The van der Waals surface area contributed by atoms with Crippen LogP contribution in [0.1, 0.15) is 62.5 Å². The SMILES string of the molecule is C[C@@H](c1cccc([C@H](C)C2CC2)c1OCO[PH](=O)O)C1CC1. The molecule has 1 aromatic rings. The first-order valence-corrected chi connectivity index (χ1v) is 9.45. The largest absolute Gasteiger partial charge is 0.466 e. The van der Waals surface area contributed by atoms with Crippen LogP contribution in [0.2, 0.25) is 0 Å². The molecule has 2 fully saturated rings. The van der Waals surface area contributed by atoms with Crippen LogP contribution in [-0.4, -0.2) is 11.7 Å². The van der Waals surface area contributed by atoms with Crippen molar-refractivity contribution in [1.29, 1.82) is 0 Å². The van der Waals surface area contributed by atoms with Crippen molar-refractivity contribution in [1.82, 2.24) is 0 Å². The summed E-state index contributed by atoms with van der Waals surface area (Å²) in [5.74, 6) is 3.29. The van der Waals surface area contributed by atoms with Gasteiger partial charge in [0, 0.05) is 0 Å². The Hall–Kier alpha value is -0.830. The lowest BCUT2D eigenvalue weighted by Crippen LogP contribution is -2.09. The zero-order valence-electron chi connectivity index (χ0n) is 13.2. The zero-order chi connectivity index (χ0) is 15.7. The van der Waals surface area contributed by atoms with E-state index in [-0.39, 0.29) is 6.79 Å². The summed E-state index contributed by atoms with van der Waals surface area (Å²) in [4.78, 5) is 8.83. The van der Waals surface area contributed by atoms with Gasteiger partial charge in [0.25, 0.3) is 0 Å². The first kappa shape index (κ1) is 16.0. The van der Waals surface area contributed by atoms with Crippen molar-refractivity contribution in [2.75, 3.05) is 6.79 Å². The van der Waals surface area contributed by atoms with Gasteiger partial charge < -0.3 is 9.63 Å². The van der Waals surface area contributed by atoms with E-state index in [1.165, 1.54) is 36.8 Å². The second-order valence-corrected chi connectivity index (χ2v) is 7.51. The smallest absolute Gasteiger partial charge is 0.319 e. The fourth-order valence-electron chi connectivity index (χ4n) is 3.30. The summed E-state index contributed by atoms with van der Waals surface area (Å²) in [5, 5.41) is 0. The van der Waals surface area contributed by atoms with Gasteiger partial charge in [0.2, 0.25) is 0 Å². The van der Waals surface area contributed by atoms with Gasteiger partial charge in [-0.3, -0.25) is 9.09 Å². The summed E-state index contributed by atoms with van der Waals surface area (Å²) >= 11 is 0. The van der Waals surface area contributed by atoms with E-state index in [0.29, 0.717) is 11.8 Å². The van der Waals surface area contributed by atoms with E-state index < -0.39 is 8.25 Å². The van der Waals surface area contributed by atoms with E-state index >= 15 is 0 Å². The first-order valence-electron chi connectivity index (χ1n) is 8.19. The molecule has 0 spiro atoms. The average molecular weight is 324 g/mol. The van der Waals surface area contributed by atoms with Gasteiger partial charge in [-0.2, -0.15) is 0 Å². The fourth-order valence-corrected chi connectivity index (χ4v) is 3.46. The highest BCUT2D eigenvalue weighted by Crippen LogP contribution is 2.49. The van der Waals surface area contributed by atoms with Gasteiger partial charge in [-0.05, 0) is 60.5 Å². The average Bonchev–Trinajstić information content (AvgIpc) is 3.38. The molecule has 1 aromatic carbocycles. The lowest BCUT2D eigenvalue weighted by Gasteiger charge is -2.22. The molecule has 3 atom stereocenters. The lowest BCUT2D eigenvalue weighted by atomic mass is 9.88. The van der Waals surface area contributed by atoms with Gasteiger partial charge in [0.15, 0.2) is 6.79 Å². The predicted molar refractivity (Wildman–Crippen MR) is 86.5 cm³/mol. The number of hydrogen-bond acceptors (Lipinski definition) is 3. The molecule has 0 aromatic heterocycles. The van der Waals surface area contributed by atoms with Gasteiger partial charge in [-0.25, -0.2) is 0 Å². The molecule has 2 saturated carbocycles. The van der Waals surface area contributed by atoms with Crippen LogP contribution < -0.4 is 4.74 Å². The van der Waals surface area contributed by atoms with Gasteiger partial charge in [0.1, 0.15) is 5.75 Å². The molecule has 0 saturated heterocycles. The Bertz CT molecular complexity index is 515. The number of ether oxygens (including phenoxy) is 1. The summed E-state index contributed by atoms with van der Waals surface area (Å²) in [5.41, 5.74) is 2.43. The first-order chi connectivity index (χ1) is 10.6. The van der Waals surface area contributed by atoms with Crippen LogP contribution in [0.5, 0.6) is 5.75 Å². The highest BCUT2D eigenvalue weighted by Gasteiger charge is 2.34. The van der Waals surface area contributed by atoms with Gasteiger partial charge in [-0.1, -0.05) is 32.0 Å². The van der Waals surface area contributed by atoms with E-state index in [2.05, 4.69) is 32.0 Å². The minimum atomic E-state index is -2.95.